The number of benzene rings is 2. The van der Waals surface area contributed by atoms with Crippen LogP contribution in [0.25, 0.3) is 0 Å². The molecule has 0 N–H and O–H groups in total. The van der Waals surface area contributed by atoms with Gasteiger partial charge >= 0.3 is 0 Å². The molecule has 160 valence electrons. The van der Waals surface area contributed by atoms with Gasteiger partial charge in [0, 0.05) is 23.1 Å². The van der Waals surface area contributed by atoms with Crippen LogP contribution >= 0.6 is 0 Å². The van der Waals surface area contributed by atoms with Gasteiger partial charge in [-0.1, -0.05) is 32.1 Å². The third-order valence-electron chi connectivity index (χ3n) is 5.77. The van der Waals surface area contributed by atoms with E-state index >= 15 is 0 Å². The first kappa shape index (κ1) is 20.8. The van der Waals surface area contributed by atoms with Crippen LogP contribution < -0.4 is 9.47 Å². The van der Waals surface area contributed by atoms with E-state index in [0.717, 1.165) is 19.3 Å². The lowest BCUT2D eigenvalue weighted by Gasteiger charge is -2.30. The van der Waals surface area contributed by atoms with E-state index in [1.165, 1.54) is 12.1 Å². The van der Waals surface area contributed by atoms with E-state index in [1.54, 1.807) is 12.1 Å². The Labute approximate surface area is 174 Å². The van der Waals surface area contributed by atoms with Gasteiger partial charge in [-0.25, -0.2) is 4.39 Å². The van der Waals surface area contributed by atoms with Crippen molar-refractivity contribution in [2.75, 3.05) is 13.2 Å². The maximum absolute atomic E-state index is 14.9. The quantitative estimate of drug-likeness (QED) is 0.420. The normalized spacial score (nSPS) is 20.1. The second-order valence-corrected chi connectivity index (χ2v) is 7.88. The summed E-state index contributed by atoms with van der Waals surface area (Å²) in [5.41, 5.74) is 1.24. The molecule has 0 amide bonds. The van der Waals surface area contributed by atoms with E-state index in [1.807, 2.05) is 0 Å². The van der Waals surface area contributed by atoms with Crippen molar-refractivity contribution in [3.63, 3.8) is 0 Å². The lowest BCUT2D eigenvalue weighted by atomic mass is 9.89. The van der Waals surface area contributed by atoms with Crippen LogP contribution in [0, 0.1) is 23.4 Å². The Bertz CT molecular complexity index is 949. The standard InChI is InChI=1S/C24H25F3O3/c1-3-5-14-6-8-18(29-13-14)17-12-16-11-15-7-9-19(28-10-4-2)21(26)23(15)30-24(16)22(27)20(17)25/h4,7,9,12,14,18H,2-3,5-6,8,10-11,13H2,1H3. The van der Waals surface area contributed by atoms with Crippen LogP contribution in [0.1, 0.15) is 55.4 Å². The van der Waals surface area contributed by atoms with Crippen molar-refractivity contribution < 1.29 is 27.4 Å². The van der Waals surface area contributed by atoms with Crippen molar-refractivity contribution in [1.29, 1.82) is 0 Å². The van der Waals surface area contributed by atoms with Crippen LogP contribution in [0.3, 0.4) is 0 Å². The molecule has 0 spiro atoms. The molecule has 6 heteroatoms. The third-order valence-corrected chi connectivity index (χ3v) is 5.77. The molecule has 2 unspecified atom stereocenters. The maximum atomic E-state index is 14.9. The lowest BCUT2D eigenvalue weighted by molar-refractivity contribution is -0.0215. The van der Waals surface area contributed by atoms with Crippen molar-refractivity contribution in [3.05, 3.63) is 65.0 Å². The van der Waals surface area contributed by atoms with Crippen LogP contribution in [0.15, 0.2) is 30.9 Å². The molecule has 0 bridgehead atoms. The van der Waals surface area contributed by atoms with Crippen molar-refractivity contribution in [3.8, 4) is 17.2 Å². The number of halogens is 3. The largest absolute Gasteiger partial charge is 0.486 e. The molecule has 0 radical (unpaired) electrons. The van der Waals surface area contributed by atoms with Gasteiger partial charge in [0.25, 0.3) is 0 Å². The summed E-state index contributed by atoms with van der Waals surface area (Å²) >= 11 is 0. The summed E-state index contributed by atoms with van der Waals surface area (Å²) in [5.74, 6) is -2.80. The van der Waals surface area contributed by atoms with Gasteiger partial charge in [-0.3, -0.25) is 0 Å². The predicted octanol–water partition coefficient (Wildman–Crippen LogP) is 6.63. The Kier molecular flexibility index (Phi) is 6.04. The van der Waals surface area contributed by atoms with Crippen LogP contribution in [-0.2, 0) is 11.2 Å². The van der Waals surface area contributed by atoms with E-state index < -0.39 is 23.6 Å². The van der Waals surface area contributed by atoms with Crippen molar-refractivity contribution in [1.82, 2.24) is 0 Å². The first-order valence-corrected chi connectivity index (χ1v) is 10.4. The summed E-state index contributed by atoms with van der Waals surface area (Å²) in [6.45, 7) is 6.32. The Morgan fingerprint density at radius 2 is 1.90 bits per heavy atom. The van der Waals surface area contributed by atoms with Crippen molar-refractivity contribution in [2.45, 2.75) is 45.1 Å². The zero-order valence-electron chi connectivity index (χ0n) is 17.0. The molecule has 2 atom stereocenters. The second-order valence-electron chi connectivity index (χ2n) is 7.88. The summed E-state index contributed by atoms with van der Waals surface area (Å²) in [6, 6.07) is 4.78. The average Bonchev–Trinajstić information content (AvgIpc) is 2.76. The minimum absolute atomic E-state index is 0.0214. The Morgan fingerprint density at radius 1 is 1.10 bits per heavy atom. The second kappa shape index (κ2) is 8.72. The monoisotopic (exact) mass is 418 g/mol. The number of ether oxygens (including phenoxy) is 3. The lowest BCUT2D eigenvalue weighted by Crippen LogP contribution is -2.22. The van der Waals surface area contributed by atoms with Gasteiger partial charge in [0.2, 0.25) is 11.6 Å². The van der Waals surface area contributed by atoms with E-state index in [2.05, 4.69) is 13.5 Å². The molecule has 0 saturated carbocycles. The molecule has 2 aromatic rings. The SMILES string of the molecule is C=CCOc1ccc2c(c1F)Oc1c(cc(C3CCC(CCC)CO3)c(F)c1F)C2. The minimum atomic E-state index is -1.11. The first-order chi connectivity index (χ1) is 14.5. The van der Waals surface area contributed by atoms with Gasteiger partial charge in [-0.2, -0.15) is 8.78 Å². The molecule has 2 aliphatic heterocycles. The smallest absolute Gasteiger partial charge is 0.207 e. The zero-order valence-corrected chi connectivity index (χ0v) is 17.0. The first-order valence-electron chi connectivity index (χ1n) is 10.4. The zero-order chi connectivity index (χ0) is 21.3. The fraction of sp³-hybridized carbons (Fsp3) is 0.417. The average molecular weight is 418 g/mol. The van der Waals surface area contributed by atoms with Crippen LogP contribution in [0.5, 0.6) is 17.2 Å². The van der Waals surface area contributed by atoms with Gasteiger partial charge in [0.05, 0.1) is 12.7 Å². The predicted molar refractivity (Wildman–Crippen MR) is 108 cm³/mol. The van der Waals surface area contributed by atoms with E-state index in [9.17, 15) is 13.2 Å². The molecule has 0 aromatic heterocycles. The molecule has 0 aliphatic carbocycles. The third kappa shape index (κ3) is 3.81. The fourth-order valence-corrected chi connectivity index (χ4v) is 4.24. The number of hydrogen-bond acceptors (Lipinski definition) is 3. The number of fused-ring (bicyclic) bond motifs is 2. The molecule has 3 nitrogen and oxygen atoms in total. The Balaban J connectivity index is 1.62. The molecule has 4 rings (SSSR count). The summed E-state index contributed by atoms with van der Waals surface area (Å²) in [5, 5.41) is 0. The summed E-state index contributed by atoms with van der Waals surface area (Å²) in [4.78, 5) is 0. The number of hydrogen-bond donors (Lipinski definition) is 0. The molecular formula is C24H25F3O3. The summed E-state index contributed by atoms with van der Waals surface area (Å²) in [6.07, 6.45) is 4.97. The highest BCUT2D eigenvalue weighted by molar-refractivity contribution is 5.55. The van der Waals surface area contributed by atoms with Gasteiger partial charge in [-0.05, 0) is 37.3 Å². The maximum Gasteiger partial charge on any atom is 0.207 e. The Hall–Kier alpha value is -2.47. The highest BCUT2D eigenvalue weighted by Crippen LogP contribution is 2.45. The molecule has 2 heterocycles. The molecule has 1 saturated heterocycles. The molecule has 2 aromatic carbocycles. The van der Waals surface area contributed by atoms with Crippen molar-refractivity contribution >= 4 is 0 Å². The molecule has 1 fully saturated rings. The van der Waals surface area contributed by atoms with Gasteiger partial charge < -0.3 is 14.2 Å². The topological polar surface area (TPSA) is 27.7 Å². The van der Waals surface area contributed by atoms with Gasteiger partial charge in [-0.15, -0.1) is 0 Å². The highest BCUT2D eigenvalue weighted by Gasteiger charge is 2.32. The van der Waals surface area contributed by atoms with Crippen LogP contribution in [0.4, 0.5) is 13.2 Å². The summed E-state index contributed by atoms with van der Waals surface area (Å²) < 4.78 is 61.2. The molecule has 2 aliphatic rings. The van der Waals surface area contributed by atoms with Crippen molar-refractivity contribution in [2.24, 2.45) is 5.92 Å². The molecule has 30 heavy (non-hydrogen) atoms. The van der Waals surface area contributed by atoms with E-state index in [-0.39, 0.29) is 35.8 Å². The van der Waals surface area contributed by atoms with Gasteiger partial charge in [0.15, 0.2) is 23.1 Å². The van der Waals surface area contributed by atoms with Crippen LogP contribution in [-0.4, -0.2) is 13.2 Å². The number of rotatable bonds is 6. The van der Waals surface area contributed by atoms with E-state index in [0.29, 0.717) is 30.1 Å². The fourth-order valence-electron chi connectivity index (χ4n) is 4.24. The molecular weight excluding hydrogens is 393 g/mol. The summed E-state index contributed by atoms with van der Waals surface area (Å²) in [7, 11) is 0. The van der Waals surface area contributed by atoms with E-state index in [4.69, 9.17) is 14.2 Å². The minimum Gasteiger partial charge on any atom is -0.486 e. The Morgan fingerprint density at radius 3 is 2.60 bits per heavy atom. The van der Waals surface area contributed by atoms with Gasteiger partial charge in [0.1, 0.15) is 6.61 Å². The van der Waals surface area contributed by atoms with Crippen LogP contribution in [0.2, 0.25) is 0 Å². The highest BCUT2D eigenvalue weighted by atomic mass is 19.2.